The Morgan fingerprint density at radius 2 is 1.46 bits per heavy atom. The first kappa shape index (κ1) is 28.8. The number of nitrogens with zero attached hydrogens (tertiary/aromatic N) is 2. The maximum atomic E-state index is 15.7. The van der Waals surface area contributed by atoms with Crippen LogP contribution in [0.15, 0.2) is 66.7 Å². The maximum absolute atomic E-state index is 15.7. The Morgan fingerprint density at radius 1 is 0.854 bits per heavy atom. The molecule has 2 aliphatic rings. The van der Waals surface area contributed by atoms with E-state index in [0.29, 0.717) is 43.1 Å². The highest BCUT2D eigenvalue weighted by Crippen LogP contribution is 2.52. The number of benzene rings is 3. The number of alkyl halides is 2. The fraction of sp³-hybridized carbons (Fsp3) is 0.455. The largest absolute Gasteiger partial charge is 0.496 e. The van der Waals surface area contributed by atoms with Crippen molar-refractivity contribution in [1.82, 2.24) is 9.80 Å². The number of piperidine rings is 2. The Balaban J connectivity index is 1.39. The molecule has 1 atom stereocenters. The van der Waals surface area contributed by atoms with Crippen molar-refractivity contribution in [2.75, 3.05) is 33.3 Å². The number of ether oxygens (including phenoxy) is 2. The molecule has 0 saturated carbocycles. The summed E-state index contributed by atoms with van der Waals surface area (Å²) in [5, 5.41) is 1.05. The second kappa shape index (κ2) is 11.0. The van der Waals surface area contributed by atoms with Crippen molar-refractivity contribution in [3.05, 3.63) is 77.9 Å². The average molecular weight is 565 g/mol. The summed E-state index contributed by atoms with van der Waals surface area (Å²) in [6.45, 7) is 6.89. The minimum absolute atomic E-state index is 0.101. The maximum Gasteiger partial charge on any atom is 0.410 e. The number of carbonyl (C=O) groups excluding carboxylic acids is 2. The molecule has 41 heavy (non-hydrogen) atoms. The SMILES string of the molecule is COc1ccccc1C1CN(C(=O)OC(C)(C)C)CCC12CCN(C(=O)C(F)(F)c1cccc3ccccc13)CC2. The highest BCUT2D eigenvalue weighted by atomic mass is 19.3. The summed E-state index contributed by atoms with van der Waals surface area (Å²) in [5.41, 5.74) is -0.186. The van der Waals surface area contributed by atoms with Gasteiger partial charge in [-0.3, -0.25) is 4.79 Å². The van der Waals surface area contributed by atoms with Crippen molar-refractivity contribution >= 4 is 22.8 Å². The number of likely N-dealkylation sites (tertiary alicyclic amines) is 2. The van der Waals surface area contributed by atoms with Gasteiger partial charge >= 0.3 is 12.0 Å². The van der Waals surface area contributed by atoms with Crippen molar-refractivity contribution in [2.45, 2.75) is 57.5 Å². The lowest BCUT2D eigenvalue weighted by Crippen LogP contribution is -2.55. The second-order valence-corrected chi connectivity index (χ2v) is 12.2. The normalized spacial score (nSPS) is 19.3. The van der Waals surface area contributed by atoms with E-state index in [9.17, 15) is 9.59 Å². The number of fused-ring (bicyclic) bond motifs is 1. The molecule has 1 unspecified atom stereocenters. The van der Waals surface area contributed by atoms with E-state index in [2.05, 4.69) is 0 Å². The predicted octanol–water partition coefficient (Wildman–Crippen LogP) is 6.97. The van der Waals surface area contributed by atoms with Gasteiger partial charge in [-0.1, -0.05) is 60.7 Å². The van der Waals surface area contributed by atoms with Crippen molar-refractivity contribution in [2.24, 2.45) is 5.41 Å². The first-order chi connectivity index (χ1) is 19.4. The number of carbonyl (C=O) groups is 2. The Morgan fingerprint density at radius 3 is 2.15 bits per heavy atom. The van der Waals surface area contributed by atoms with Crippen LogP contribution in [0.1, 0.15) is 57.1 Å². The average Bonchev–Trinajstić information content (AvgIpc) is 2.96. The monoisotopic (exact) mass is 564 g/mol. The molecule has 3 aromatic carbocycles. The van der Waals surface area contributed by atoms with Gasteiger partial charge in [-0.05, 0) is 67.9 Å². The van der Waals surface area contributed by atoms with Gasteiger partial charge in [0.1, 0.15) is 11.4 Å². The molecule has 0 bridgehead atoms. The zero-order chi connectivity index (χ0) is 29.4. The van der Waals surface area contributed by atoms with E-state index in [1.165, 1.54) is 11.0 Å². The zero-order valence-electron chi connectivity index (χ0n) is 24.2. The summed E-state index contributed by atoms with van der Waals surface area (Å²) >= 11 is 0. The molecule has 0 aliphatic carbocycles. The quantitative estimate of drug-likeness (QED) is 0.343. The Bertz CT molecular complexity index is 1420. The first-order valence-corrected chi connectivity index (χ1v) is 14.2. The van der Waals surface area contributed by atoms with Gasteiger partial charge in [-0.2, -0.15) is 8.78 Å². The van der Waals surface area contributed by atoms with Crippen LogP contribution in [0.2, 0.25) is 0 Å². The molecule has 5 rings (SSSR count). The van der Waals surface area contributed by atoms with Gasteiger partial charge in [0, 0.05) is 37.7 Å². The van der Waals surface area contributed by atoms with Gasteiger partial charge in [0.15, 0.2) is 0 Å². The third-order valence-corrected chi connectivity index (χ3v) is 8.63. The molecule has 2 saturated heterocycles. The number of hydrogen-bond acceptors (Lipinski definition) is 4. The molecule has 1 spiro atoms. The minimum Gasteiger partial charge on any atom is -0.496 e. The van der Waals surface area contributed by atoms with Crippen molar-refractivity contribution < 1.29 is 27.8 Å². The van der Waals surface area contributed by atoms with E-state index in [4.69, 9.17) is 9.47 Å². The summed E-state index contributed by atoms with van der Waals surface area (Å²) in [7, 11) is 1.62. The van der Waals surface area contributed by atoms with E-state index in [-0.39, 0.29) is 36.1 Å². The molecule has 2 fully saturated rings. The van der Waals surface area contributed by atoms with E-state index < -0.39 is 17.4 Å². The van der Waals surface area contributed by atoms with Crippen LogP contribution < -0.4 is 4.74 Å². The lowest BCUT2D eigenvalue weighted by molar-refractivity contribution is -0.162. The number of amides is 2. The fourth-order valence-electron chi connectivity index (χ4n) is 6.48. The van der Waals surface area contributed by atoms with Crippen LogP contribution in [0.5, 0.6) is 5.75 Å². The molecule has 2 aliphatic heterocycles. The molecule has 0 N–H and O–H groups in total. The smallest absolute Gasteiger partial charge is 0.410 e. The van der Waals surface area contributed by atoms with Gasteiger partial charge < -0.3 is 19.3 Å². The topological polar surface area (TPSA) is 59.1 Å². The summed E-state index contributed by atoms with van der Waals surface area (Å²) in [5.74, 6) is -4.18. The molecule has 0 aromatic heterocycles. The molecular formula is C33H38F2N2O4. The lowest BCUT2D eigenvalue weighted by Gasteiger charge is -2.52. The van der Waals surface area contributed by atoms with Gasteiger partial charge in [-0.15, -0.1) is 0 Å². The first-order valence-electron chi connectivity index (χ1n) is 14.2. The highest BCUT2D eigenvalue weighted by molar-refractivity contribution is 5.93. The summed E-state index contributed by atoms with van der Waals surface area (Å²) in [4.78, 5) is 29.4. The number of halogens is 2. The van der Waals surface area contributed by atoms with Gasteiger partial charge in [0.05, 0.1) is 7.11 Å². The van der Waals surface area contributed by atoms with Crippen LogP contribution in [0.3, 0.4) is 0 Å². The Kier molecular flexibility index (Phi) is 7.70. The number of hydrogen-bond donors (Lipinski definition) is 0. The van der Waals surface area contributed by atoms with Crippen LogP contribution in [-0.2, 0) is 15.5 Å². The van der Waals surface area contributed by atoms with Crippen LogP contribution in [0.4, 0.5) is 13.6 Å². The van der Waals surface area contributed by atoms with Gasteiger partial charge in [-0.25, -0.2) is 4.79 Å². The van der Waals surface area contributed by atoms with E-state index >= 15 is 8.78 Å². The molecule has 2 heterocycles. The van der Waals surface area contributed by atoms with E-state index in [1.807, 2.05) is 45.0 Å². The van der Waals surface area contributed by atoms with Crippen molar-refractivity contribution in [3.63, 3.8) is 0 Å². The second-order valence-electron chi connectivity index (χ2n) is 12.2. The van der Waals surface area contributed by atoms with Gasteiger partial charge in [0.25, 0.3) is 5.91 Å². The minimum atomic E-state index is -3.65. The van der Waals surface area contributed by atoms with Crippen LogP contribution >= 0.6 is 0 Å². The van der Waals surface area contributed by atoms with Crippen LogP contribution in [0.25, 0.3) is 10.8 Å². The summed E-state index contributed by atoms with van der Waals surface area (Å²) in [6.07, 6.45) is 1.41. The van der Waals surface area contributed by atoms with Crippen molar-refractivity contribution in [3.8, 4) is 5.75 Å². The Hall–Kier alpha value is -3.68. The zero-order valence-corrected chi connectivity index (χ0v) is 24.2. The van der Waals surface area contributed by atoms with E-state index in [0.717, 1.165) is 11.3 Å². The summed E-state index contributed by atoms with van der Waals surface area (Å²) in [6, 6.07) is 19.3. The Labute approximate surface area is 240 Å². The van der Waals surface area contributed by atoms with Crippen LogP contribution in [-0.4, -0.2) is 60.7 Å². The predicted molar refractivity (Wildman–Crippen MR) is 154 cm³/mol. The summed E-state index contributed by atoms with van der Waals surface area (Å²) < 4.78 is 42.9. The van der Waals surface area contributed by atoms with Gasteiger partial charge in [0.2, 0.25) is 0 Å². The third kappa shape index (κ3) is 5.61. The van der Waals surface area contributed by atoms with E-state index in [1.54, 1.807) is 48.4 Å². The molecule has 8 heteroatoms. The molecule has 3 aromatic rings. The number of para-hydroxylation sites is 1. The fourth-order valence-corrected chi connectivity index (χ4v) is 6.48. The van der Waals surface area contributed by atoms with Crippen LogP contribution in [0, 0.1) is 5.41 Å². The third-order valence-electron chi connectivity index (χ3n) is 8.63. The number of methoxy groups -OCH3 is 1. The standard InChI is InChI=1S/C33H38F2N2O4/c1-31(2,3)41-30(39)37-21-18-32(27(22-37)25-13-7-8-15-28(25)40-4)16-19-36(20-17-32)29(38)33(34,35)26-14-9-11-23-10-5-6-12-24(23)26/h5-15,27H,16-22H2,1-4H3. The van der Waals surface area contributed by atoms with Crippen molar-refractivity contribution in [1.29, 1.82) is 0 Å². The molecule has 6 nitrogen and oxygen atoms in total. The molecule has 2 amide bonds. The lowest BCUT2D eigenvalue weighted by atomic mass is 9.62. The molecule has 218 valence electrons. The molecule has 0 radical (unpaired) electrons. The number of rotatable bonds is 4. The molecular weight excluding hydrogens is 526 g/mol. The highest BCUT2D eigenvalue weighted by Gasteiger charge is 2.51.